The SMILES string of the molecule is c1cc(-c2ccc(N(c3ccc(-c4ccc5c(ccc6ccccc65)c4)cc3)c3ccc(-c4cccc5c4ccc4ccccc45)cc3)cc2)cc(-c2ccc3ccccc3c2)c1. The van der Waals surface area contributed by atoms with Crippen LogP contribution in [0.3, 0.4) is 0 Å². The first-order valence-corrected chi connectivity index (χ1v) is 21.7. The van der Waals surface area contributed by atoms with Crippen molar-refractivity contribution in [3.8, 4) is 44.5 Å². The summed E-state index contributed by atoms with van der Waals surface area (Å²) in [5.41, 5.74) is 12.9. The third-order valence-electron chi connectivity index (χ3n) is 12.8. The zero-order chi connectivity index (χ0) is 41.7. The molecule has 1 nitrogen and oxygen atoms in total. The van der Waals surface area contributed by atoms with Gasteiger partial charge in [0, 0.05) is 17.1 Å². The summed E-state index contributed by atoms with van der Waals surface area (Å²) >= 11 is 0. The number of anilines is 3. The van der Waals surface area contributed by atoms with Crippen LogP contribution in [-0.2, 0) is 0 Å². The van der Waals surface area contributed by atoms with E-state index in [1.54, 1.807) is 0 Å². The van der Waals surface area contributed by atoms with Gasteiger partial charge in [0.05, 0.1) is 0 Å². The lowest BCUT2D eigenvalue weighted by Crippen LogP contribution is -2.09. The van der Waals surface area contributed by atoms with Gasteiger partial charge in [0.15, 0.2) is 0 Å². The minimum Gasteiger partial charge on any atom is -0.311 e. The Morgan fingerprint density at radius 2 is 0.587 bits per heavy atom. The summed E-state index contributed by atoms with van der Waals surface area (Å²) in [7, 11) is 0. The van der Waals surface area contributed by atoms with E-state index in [4.69, 9.17) is 0 Å². The Labute approximate surface area is 367 Å². The molecule has 0 saturated carbocycles. The molecule has 12 aromatic rings. The molecule has 0 spiro atoms. The summed E-state index contributed by atoms with van der Waals surface area (Å²) in [6, 6.07) is 91.0. The standard InChI is InChI=1S/C62H41N/c1-2-12-48-40-52(21-19-42(48)9-1)50-14-7-13-49(39-50)43-23-31-54(32-24-43)63(55-33-25-44(26-34-55)51-30-37-60-53(41-51)22-20-45-10-3-5-15-57(45)60)56-35-27-47(28-36-56)59-17-8-18-61-58-16-6-4-11-46(58)29-38-62(59)61/h1-41H. The second-order valence-electron chi connectivity index (χ2n) is 16.5. The van der Waals surface area contributed by atoms with E-state index >= 15 is 0 Å². The highest BCUT2D eigenvalue weighted by molar-refractivity contribution is 6.12. The smallest absolute Gasteiger partial charge is 0.0462 e. The van der Waals surface area contributed by atoms with Crippen molar-refractivity contribution in [3.63, 3.8) is 0 Å². The Kier molecular flexibility index (Phi) is 8.90. The maximum atomic E-state index is 2.37. The van der Waals surface area contributed by atoms with Crippen molar-refractivity contribution >= 4 is 70.9 Å². The molecule has 0 radical (unpaired) electrons. The van der Waals surface area contributed by atoms with E-state index in [0.29, 0.717) is 0 Å². The number of rotatable bonds is 7. The van der Waals surface area contributed by atoms with E-state index in [2.05, 4.69) is 254 Å². The highest BCUT2D eigenvalue weighted by Crippen LogP contribution is 2.40. The van der Waals surface area contributed by atoms with Gasteiger partial charge in [-0.2, -0.15) is 0 Å². The summed E-state index contributed by atoms with van der Waals surface area (Å²) in [5, 5.41) is 12.7. The summed E-state index contributed by atoms with van der Waals surface area (Å²) in [5.74, 6) is 0. The third kappa shape index (κ3) is 6.68. The van der Waals surface area contributed by atoms with Crippen molar-refractivity contribution < 1.29 is 0 Å². The molecule has 0 aliphatic carbocycles. The molecule has 0 atom stereocenters. The zero-order valence-electron chi connectivity index (χ0n) is 34.6. The molecule has 0 aliphatic rings. The summed E-state index contributed by atoms with van der Waals surface area (Å²) in [4.78, 5) is 2.37. The fraction of sp³-hybridized carbons (Fsp3) is 0. The van der Waals surface area contributed by atoms with E-state index in [0.717, 1.165) is 17.1 Å². The van der Waals surface area contributed by atoms with Crippen molar-refractivity contribution in [3.05, 3.63) is 249 Å². The fourth-order valence-corrected chi connectivity index (χ4v) is 9.58. The quantitative estimate of drug-likeness (QED) is 0.145. The Bertz CT molecular complexity index is 3660. The second-order valence-corrected chi connectivity index (χ2v) is 16.5. The van der Waals surface area contributed by atoms with Crippen molar-refractivity contribution in [2.24, 2.45) is 0 Å². The molecule has 12 aromatic carbocycles. The molecule has 0 fully saturated rings. The Balaban J connectivity index is 0.910. The molecule has 12 rings (SSSR count). The average molecular weight is 800 g/mol. The van der Waals surface area contributed by atoms with Gasteiger partial charge in [-0.25, -0.2) is 0 Å². The van der Waals surface area contributed by atoms with E-state index in [1.807, 2.05) is 0 Å². The summed E-state index contributed by atoms with van der Waals surface area (Å²) in [6.07, 6.45) is 0. The van der Waals surface area contributed by atoms with E-state index in [-0.39, 0.29) is 0 Å². The summed E-state index contributed by atoms with van der Waals surface area (Å²) in [6.45, 7) is 0. The number of fused-ring (bicyclic) bond motifs is 7. The molecule has 0 unspecified atom stereocenters. The monoisotopic (exact) mass is 799 g/mol. The predicted octanol–water partition coefficient (Wildman–Crippen LogP) is 17.6. The normalized spacial score (nSPS) is 11.5. The number of nitrogens with zero attached hydrogens (tertiary/aromatic N) is 1. The molecule has 0 bridgehead atoms. The van der Waals surface area contributed by atoms with Crippen LogP contribution in [-0.4, -0.2) is 0 Å². The zero-order valence-corrected chi connectivity index (χ0v) is 34.6. The van der Waals surface area contributed by atoms with Crippen LogP contribution in [0.5, 0.6) is 0 Å². The highest BCUT2D eigenvalue weighted by Gasteiger charge is 2.15. The van der Waals surface area contributed by atoms with Gasteiger partial charge in [-0.15, -0.1) is 0 Å². The largest absolute Gasteiger partial charge is 0.311 e. The lowest BCUT2D eigenvalue weighted by molar-refractivity contribution is 1.28. The topological polar surface area (TPSA) is 3.24 Å². The molecule has 63 heavy (non-hydrogen) atoms. The van der Waals surface area contributed by atoms with Crippen LogP contribution in [0, 0.1) is 0 Å². The van der Waals surface area contributed by atoms with Crippen molar-refractivity contribution in [2.45, 2.75) is 0 Å². The first-order chi connectivity index (χ1) is 31.2. The molecular formula is C62H41N. The van der Waals surface area contributed by atoms with Crippen LogP contribution in [0.1, 0.15) is 0 Å². The minimum atomic E-state index is 1.10. The molecule has 0 aromatic heterocycles. The van der Waals surface area contributed by atoms with Crippen LogP contribution >= 0.6 is 0 Å². The molecule has 0 aliphatic heterocycles. The lowest BCUT2D eigenvalue weighted by Gasteiger charge is -2.26. The third-order valence-corrected chi connectivity index (χ3v) is 12.8. The molecule has 0 N–H and O–H groups in total. The van der Waals surface area contributed by atoms with Gasteiger partial charge in [0.2, 0.25) is 0 Å². The van der Waals surface area contributed by atoms with Crippen molar-refractivity contribution in [2.75, 3.05) is 4.90 Å². The van der Waals surface area contributed by atoms with E-state index in [1.165, 1.54) is 98.4 Å². The maximum Gasteiger partial charge on any atom is 0.0462 e. The van der Waals surface area contributed by atoms with Crippen molar-refractivity contribution in [1.29, 1.82) is 0 Å². The number of benzene rings is 12. The number of hydrogen-bond acceptors (Lipinski definition) is 1. The molecule has 294 valence electrons. The average Bonchev–Trinajstić information content (AvgIpc) is 3.36. The number of hydrogen-bond donors (Lipinski definition) is 0. The molecular weight excluding hydrogens is 759 g/mol. The minimum absolute atomic E-state index is 1.10. The van der Waals surface area contributed by atoms with Gasteiger partial charge in [-0.1, -0.05) is 194 Å². The molecule has 0 heterocycles. The van der Waals surface area contributed by atoms with Gasteiger partial charge in [0.1, 0.15) is 0 Å². The van der Waals surface area contributed by atoms with E-state index < -0.39 is 0 Å². The Morgan fingerprint density at radius 1 is 0.190 bits per heavy atom. The molecule has 1 heteroatoms. The van der Waals surface area contributed by atoms with Gasteiger partial charge in [-0.3, -0.25) is 0 Å². The van der Waals surface area contributed by atoms with E-state index in [9.17, 15) is 0 Å². The first kappa shape index (κ1) is 36.6. The van der Waals surface area contributed by atoms with Crippen LogP contribution in [0.4, 0.5) is 17.1 Å². The van der Waals surface area contributed by atoms with Crippen molar-refractivity contribution in [1.82, 2.24) is 0 Å². The molecule has 0 saturated heterocycles. The van der Waals surface area contributed by atoms with Gasteiger partial charge >= 0.3 is 0 Å². The van der Waals surface area contributed by atoms with Crippen LogP contribution in [0.15, 0.2) is 249 Å². The van der Waals surface area contributed by atoms with Crippen LogP contribution in [0.2, 0.25) is 0 Å². The lowest BCUT2D eigenvalue weighted by atomic mass is 9.94. The van der Waals surface area contributed by atoms with Gasteiger partial charge < -0.3 is 4.90 Å². The Morgan fingerprint density at radius 3 is 1.27 bits per heavy atom. The first-order valence-electron chi connectivity index (χ1n) is 21.7. The highest BCUT2D eigenvalue weighted by atomic mass is 15.1. The maximum absolute atomic E-state index is 2.37. The predicted molar refractivity (Wildman–Crippen MR) is 270 cm³/mol. The Hall–Kier alpha value is -8.26. The summed E-state index contributed by atoms with van der Waals surface area (Å²) < 4.78 is 0. The van der Waals surface area contributed by atoms with Gasteiger partial charge in [-0.05, 0) is 153 Å². The fourth-order valence-electron chi connectivity index (χ4n) is 9.58. The van der Waals surface area contributed by atoms with Gasteiger partial charge in [0.25, 0.3) is 0 Å². The molecule has 0 amide bonds. The second kappa shape index (κ2) is 15.3. The van der Waals surface area contributed by atoms with Crippen LogP contribution in [0.25, 0.3) is 98.4 Å². The van der Waals surface area contributed by atoms with Crippen LogP contribution < -0.4 is 4.90 Å².